The maximum atomic E-state index is 12.5. The Morgan fingerprint density at radius 2 is 1.78 bits per heavy atom. The summed E-state index contributed by atoms with van der Waals surface area (Å²) < 4.78 is 29.8. The molecule has 1 atom stereocenters. The predicted molar refractivity (Wildman–Crippen MR) is 90.6 cm³/mol. The molecule has 0 bridgehead atoms. The van der Waals surface area contributed by atoms with Gasteiger partial charge in [-0.05, 0) is 50.2 Å². The average molecular weight is 333 g/mol. The summed E-state index contributed by atoms with van der Waals surface area (Å²) in [5, 5.41) is 0. The Bertz CT molecular complexity index is 734. The molecule has 0 amide bonds. The van der Waals surface area contributed by atoms with Gasteiger partial charge in [0.15, 0.2) is 0 Å². The van der Waals surface area contributed by atoms with Gasteiger partial charge in [-0.3, -0.25) is 4.90 Å². The number of aryl methyl sites for hydroxylation is 1. The highest BCUT2D eigenvalue weighted by Gasteiger charge is 2.26. The van der Waals surface area contributed by atoms with Gasteiger partial charge in [0.25, 0.3) is 0 Å². The summed E-state index contributed by atoms with van der Waals surface area (Å²) in [6.07, 6.45) is 4.35. The second-order valence-electron chi connectivity index (χ2n) is 5.97. The summed E-state index contributed by atoms with van der Waals surface area (Å²) in [7, 11) is -1.47. The SMILES string of the molecule is Cn1cccc1[C@H](CNS(=O)(=O)c1ccccc1)N1CCCC1. The normalized spacial score (nSPS) is 17.4. The van der Waals surface area contributed by atoms with Crippen LogP contribution in [0.3, 0.4) is 0 Å². The molecule has 0 aliphatic carbocycles. The molecule has 1 aromatic carbocycles. The van der Waals surface area contributed by atoms with Crippen molar-refractivity contribution in [1.82, 2.24) is 14.2 Å². The molecule has 3 rings (SSSR count). The molecule has 6 heteroatoms. The van der Waals surface area contributed by atoms with Crippen LogP contribution in [0.4, 0.5) is 0 Å². The van der Waals surface area contributed by atoms with Gasteiger partial charge < -0.3 is 4.57 Å². The first-order chi connectivity index (χ1) is 11.1. The minimum atomic E-state index is -3.47. The van der Waals surface area contributed by atoms with Crippen LogP contribution in [0, 0.1) is 0 Å². The second-order valence-corrected chi connectivity index (χ2v) is 7.73. The molecule has 5 nitrogen and oxygen atoms in total. The molecule has 1 N–H and O–H groups in total. The third-order valence-electron chi connectivity index (χ3n) is 4.43. The molecule has 1 fully saturated rings. The summed E-state index contributed by atoms with van der Waals surface area (Å²) >= 11 is 0. The first kappa shape index (κ1) is 16.2. The monoisotopic (exact) mass is 333 g/mol. The number of benzene rings is 1. The van der Waals surface area contributed by atoms with Crippen LogP contribution < -0.4 is 4.72 Å². The lowest BCUT2D eigenvalue weighted by molar-refractivity contribution is 0.238. The fraction of sp³-hybridized carbons (Fsp3) is 0.412. The maximum absolute atomic E-state index is 12.5. The van der Waals surface area contributed by atoms with Gasteiger partial charge in [-0.15, -0.1) is 0 Å². The Morgan fingerprint density at radius 3 is 2.39 bits per heavy atom. The molecule has 0 unspecified atom stereocenters. The third kappa shape index (κ3) is 3.65. The fourth-order valence-electron chi connectivity index (χ4n) is 3.17. The summed E-state index contributed by atoms with van der Waals surface area (Å²) in [4.78, 5) is 2.68. The van der Waals surface area contributed by atoms with Crippen LogP contribution in [0.25, 0.3) is 0 Å². The molecule has 0 radical (unpaired) electrons. The van der Waals surface area contributed by atoms with E-state index in [-0.39, 0.29) is 6.04 Å². The number of rotatable bonds is 6. The molecule has 1 saturated heterocycles. The molecule has 0 spiro atoms. The van der Waals surface area contributed by atoms with Crippen LogP contribution in [-0.4, -0.2) is 37.5 Å². The topological polar surface area (TPSA) is 54.3 Å². The molecule has 2 aromatic rings. The van der Waals surface area contributed by atoms with Crippen molar-refractivity contribution in [1.29, 1.82) is 0 Å². The zero-order valence-corrected chi connectivity index (χ0v) is 14.2. The molecule has 124 valence electrons. The van der Waals surface area contributed by atoms with E-state index in [1.807, 2.05) is 25.4 Å². The minimum Gasteiger partial charge on any atom is -0.353 e. The lowest BCUT2D eigenvalue weighted by atomic mass is 10.2. The van der Waals surface area contributed by atoms with Crippen LogP contribution in [0.15, 0.2) is 53.6 Å². The van der Waals surface area contributed by atoms with E-state index in [2.05, 4.69) is 20.3 Å². The van der Waals surface area contributed by atoms with Crippen LogP contribution in [0.1, 0.15) is 24.6 Å². The molecule has 1 aliphatic heterocycles. The zero-order valence-electron chi connectivity index (χ0n) is 13.4. The Hall–Kier alpha value is -1.63. The summed E-state index contributed by atoms with van der Waals surface area (Å²) in [5.74, 6) is 0. The maximum Gasteiger partial charge on any atom is 0.240 e. The fourth-order valence-corrected chi connectivity index (χ4v) is 4.23. The lowest BCUT2D eigenvalue weighted by Crippen LogP contribution is -2.37. The quantitative estimate of drug-likeness (QED) is 0.881. The van der Waals surface area contributed by atoms with E-state index in [9.17, 15) is 8.42 Å². The highest BCUT2D eigenvalue weighted by atomic mass is 32.2. The van der Waals surface area contributed by atoms with Crippen LogP contribution in [0.5, 0.6) is 0 Å². The van der Waals surface area contributed by atoms with Crippen molar-refractivity contribution in [3.63, 3.8) is 0 Å². The van der Waals surface area contributed by atoms with Gasteiger partial charge in [-0.25, -0.2) is 13.1 Å². The Morgan fingerprint density at radius 1 is 1.09 bits per heavy atom. The molecular weight excluding hydrogens is 310 g/mol. The first-order valence-electron chi connectivity index (χ1n) is 7.98. The third-order valence-corrected chi connectivity index (χ3v) is 5.87. The summed E-state index contributed by atoms with van der Waals surface area (Å²) in [6, 6.07) is 12.7. The minimum absolute atomic E-state index is 0.0657. The van der Waals surface area contributed by atoms with Gasteiger partial charge in [0.05, 0.1) is 10.9 Å². The van der Waals surface area contributed by atoms with E-state index < -0.39 is 10.0 Å². The van der Waals surface area contributed by atoms with E-state index in [0.29, 0.717) is 11.4 Å². The number of aromatic nitrogens is 1. The Kier molecular flexibility index (Phi) is 4.84. The van der Waals surface area contributed by atoms with Gasteiger partial charge in [-0.2, -0.15) is 0 Å². The Labute approximate surface area is 138 Å². The van der Waals surface area contributed by atoms with Crippen molar-refractivity contribution in [3.8, 4) is 0 Å². The smallest absolute Gasteiger partial charge is 0.240 e. The van der Waals surface area contributed by atoms with Crippen molar-refractivity contribution < 1.29 is 8.42 Å². The second kappa shape index (κ2) is 6.86. The largest absolute Gasteiger partial charge is 0.353 e. The molecular formula is C17H23N3O2S. The van der Waals surface area contributed by atoms with Crippen molar-refractivity contribution >= 4 is 10.0 Å². The number of sulfonamides is 1. The van der Waals surface area contributed by atoms with Gasteiger partial charge in [-0.1, -0.05) is 18.2 Å². The van der Waals surface area contributed by atoms with Gasteiger partial charge in [0, 0.05) is 25.5 Å². The van der Waals surface area contributed by atoms with Crippen molar-refractivity contribution in [2.24, 2.45) is 7.05 Å². The number of nitrogens with zero attached hydrogens (tertiary/aromatic N) is 2. The predicted octanol–water partition coefficient (Wildman–Crippen LogP) is 2.14. The van der Waals surface area contributed by atoms with Crippen LogP contribution >= 0.6 is 0 Å². The highest BCUT2D eigenvalue weighted by molar-refractivity contribution is 7.89. The Balaban J connectivity index is 1.78. The van der Waals surface area contributed by atoms with Crippen molar-refractivity contribution in [2.75, 3.05) is 19.6 Å². The summed E-state index contributed by atoms with van der Waals surface area (Å²) in [6.45, 7) is 2.42. The van der Waals surface area contributed by atoms with E-state index in [1.165, 1.54) is 12.8 Å². The van der Waals surface area contributed by atoms with Crippen molar-refractivity contribution in [2.45, 2.75) is 23.8 Å². The zero-order chi connectivity index (χ0) is 16.3. The van der Waals surface area contributed by atoms with Gasteiger partial charge in [0.1, 0.15) is 0 Å². The lowest BCUT2D eigenvalue weighted by Gasteiger charge is -2.28. The van der Waals surface area contributed by atoms with E-state index >= 15 is 0 Å². The molecule has 1 aromatic heterocycles. The molecule has 23 heavy (non-hydrogen) atoms. The van der Waals surface area contributed by atoms with Gasteiger partial charge >= 0.3 is 0 Å². The number of hydrogen-bond acceptors (Lipinski definition) is 3. The number of likely N-dealkylation sites (tertiary alicyclic amines) is 1. The van der Waals surface area contributed by atoms with Crippen LogP contribution in [-0.2, 0) is 17.1 Å². The molecule has 1 aliphatic rings. The van der Waals surface area contributed by atoms with Crippen molar-refractivity contribution in [3.05, 3.63) is 54.4 Å². The average Bonchev–Trinajstić information content (AvgIpc) is 3.21. The van der Waals surface area contributed by atoms with E-state index in [4.69, 9.17) is 0 Å². The first-order valence-corrected chi connectivity index (χ1v) is 9.46. The number of hydrogen-bond donors (Lipinski definition) is 1. The van der Waals surface area contributed by atoms with E-state index in [0.717, 1.165) is 18.8 Å². The summed E-state index contributed by atoms with van der Waals surface area (Å²) in [5.41, 5.74) is 1.14. The highest BCUT2D eigenvalue weighted by Crippen LogP contribution is 2.25. The standard InChI is InChI=1S/C17H23N3O2S/c1-19-11-7-10-16(19)17(20-12-5-6-13-20)14-18-23(21,22)15-8-3-2-4-9-15/h2-4,7-11,17-18H,5-6,12-14H2,1H3/t17-/m0/s1. The molecule has 0 saturated carbocycles. The van der Waals surface area contributed by atoms with Crippen LogP contribution in [0.2, 0.25) is 0 Å². The number of nitrogens with one attached hydrogen (secondary N) is 1. The van der Waals surface area contributed by atoms with Gasteiger partial charge in [0.2, 0.25) is 10.0 Å². The molecule has 2 heterocycles. The van der Waals surface area contributed by atoms with E-state index in [1.54, 1.807) is 24.3 Å².